The van der Waals surface area contributed by atoms with E-state index >= 15 is 0 Å². The van der Waals surface area contributed by atoms with Crippen LogP contribution < -0.4 is 0 Å². The zero-order valence-electron chi connectivity index (χ0n) is 13.3. The molecule has 120 valence electrons. The van der Waals surface area contributed by atoms with Crippen LogP contribution >= 0.6 is 11.6 Å². The van der Waals surface area contributed by atoms with Gasteiger partial charge in [0.2, 0.25) is 0 Å². The van der Waals surface area contributed by atoms with Crippen molar-refractivity contribution in [2.24, 2.45) is 5.92 Å². The van der Waals surface area contributed by atoms with Gasteiger partial charge >= 0.3 is 0 Å². The summed E-state index contributed by atoms with van der Waals surface area (Å²) in [5.74, 6) is 1.71. The average Bonchev–Trinajstić information content (AvgIpc) is 3.08. The smallest absolute Gasteiger partial charge is 0.159 e. The molecule has 2 aromatic rings. The van der Waals surface area contributed by atoms with Crippen molar-refractivity contribution in [2.45, 2.75) is 38.6 Å². The van der Waals surface area contributed by atoms with Gasteiger partial charge in [-0.3, -0.25) is 4.90 Å². The molecular formula is C19H22ClN3. The minimum absolute atomic E-state index is 0.745. The van der Waals surface area contributed by atoms with E-state index < -0.39 is 0 Å². The van der Waals surface area contributed by atoms with E-state index in [-0.39, 0.29) is 0 Å². The van der Waals surface area contributed by atoms with Gasteiger partial charge in [-0.1, -0.05) is 24.4 Å². The van der Waals surface area contributed by atoms with E-state index in [0.717, 1.165) is 41.8 Å². The lowest BCUT2D eigenvalue weighted by molar-refractivity contribution is 0.211. The molecule has 1 aromatic heterocycles. The van der Waals surface area contributed by atoms with Crippen molar-refractivity contribution in [3.05, 3.63) is 46.7 Å². The number of aromatic nitrogens is 2. The fraction of sp³-hybridized carbons (Fsp3) is 0.474. The van der Waals surface area contributed by atoms with E-state index in [2.05, 4.69) is 9.88 Å². The van der Waals surface area contributed by atoms with Gasteiger partial charge in [-0.2, -0.15) is 0 Å². The normalized spacial score (nSPS) is 19.0. The first-order valence-electron chi connectivity index (χ1n) is 8.61. The molecule has 0 radical (unpaired) electrons. The average molecular weight is 328 g/mol. The van der Waals surface area contributed by atoms with Crippen LogP contribution in [0.2, 0.25) is 5.02 Å². The van der Waals surface area contributed by atoms with Crippen LogP contribution in [-0.2, 0) is 13.0 Å². The Morgan fingerprint density at radius 1 is 1.13 bits per heavy atom. The van der Waals surface area contributed by atoms with Gasteiger partial charge in [0.25, 0.3) is 0 Å². The molecule has 0 saturated heterocycles. The van der Waals surface area contributed by atoms with Crippen molar-refractivity contribution in [2.75, 3.05) is 13.1 Å². The van der Waals surface area contributed by atoms with Crippen LogP contribution in [-0.4, -0.2) is 28.0 Å². The Morgan fingerprint density at radius 3 is 2.70 bits per heavy atom. The lowest BCUT2D eigenvalue weighted by atomic mass is 10.0. The predicted molar refractivity (Wildman–Crippen MR) is 93.4 cm³/mol. The summed E-state index contributed by atoms with van der Waals surface area (Å²) in [6, 6.07) is 7.77. The van der Waals surface area contributed by atoms with Gasteiger partial charge in [-0.25, -0.2) is 9.97 Å². The second-order valence-electron chi connectivity index (χ2n) is 6.81. The van der Waals surface area contributed by atoms with Gasteiger partial charge < -0.3 is 0 Å². The molecule has 2 aliphatic rings. The minimum Gasteiger partial charge on any atom is -0.297 e. The van der Waals surface area contributed by atoms with Gasteiger partial charge in [0.15, 0.2) is 5.82 Å². The summed E-state index contributed by atoms with van der Waals surface area (Å²) < 4.78 is 0. The molecule has 1 aliphatic carbocycles. The predicted octanol–water partition coefficient (Wildman–Crippen LogP) is 4.35. The van der Waals surface area contributed by atoms with Gasteiger partial charge in [-0.05, 0) is 55.0 Å². The lowest BCUT2D eigenvalue weighted by Crippen LogP contribution is -2.34. The van der Waals surface area contributed by atoms with Crippen molar-refractivity contribution >= 4 is 11.6 Å². The Bertz CT molecular complexity index is 678. The van der Waals surface area contributed by atoms with Crippen LogP contribution in [0.25, 0.3) is 11.4 Å². The topological polar surface area (TPSA) is 29.0 Å². The molecule has 0 spiro atoms. The second-order valence-corrected chi connectivity index (χ2v) is 7.24. The number of benzene rings is 1. The number of fused-ring (bicyclic) bond motifs is 1. The van der Waals surface area contributed by atoms with Crippen molar-refractivity contribution in [1.82, 2.24) is 14.9 Å². The Hall–Kier alpha value is -1.45. The molecular weight excluding hydrogens is 306 g/mol. The van der Waals surface area contributed by atoms with E-state index in [0.29, 0.717) is 0 Å². The number of hydrogen-bond donors (Lipinski definition) is 0. The molecule has 3 nitrogen and oxygen atoms in total. The largest absolute Gasteiger partial charge is 0.297 e. The van der Waals surface area contributed by atoms with Crippen molar-refractivity contribution in [3.63, 3.8) is 0 Å². The summed E-state index contributed by atoms with van der Waals surface area (Å²) in [6.45, 7) is 3.35. The fourth-order valence-electron chi connectivity index (χ4n) is 3.81. The Morgan fingerprint density at radius 2 is 1.91 bits per heavy atom. The van der Waals surface area contributed by atoms with Crippen LogP contribution in [0.3, 0.4) is 0 Å². The van der Waals surface area contributed by atoms with Gasteiger partial charge in [0, 0.05) is 36.4 Å². The molecule has 1 fully saturated rings. The van der Waals surface area contributed by atoms with Crippen molar-refractivity contribution in [3.8, 4) is 11.4 Å². The number of hydrogen-bond acceptors (Lipinski definition) is 3. The Kier molecular flexibility index (Phi) is 4.32. The Balaban J connectivity index is 1.52. The van der Waals surface area contributed by atoms with Crippen LogP contribution in [0.4, 0.5) is 0 Å². The molecule has 0 bridgehead atoms. The third kappa shape index (κ3) is 3.41. The maximum absolute atomic E-state index is 5.97. The molecule has 1 saturated carbocycles. The first-order chi connectivity index (χ1) is 11.3. The van der Waals surface area contributed by atoms with Crippen LogP contribution in [0.1, 0.15) is 36.9 Å². The quantitative estimate of drug-likeness (QED) is 0.839. The highest BCUT2D eigenvalue weighted by Gasteiger charge is 2.23. The summed E-state index contributed by atoms with van der Waals surface area (Å²) in [6.07, 6.45) is 8.73. The number of nitrogens with zero attached hydrogens (tertiary/aromatic N) is 3. The summed E-state index contributed by atoms with van der Waals surface area (Å²) in [5.41, 5.74) is 3.55. The summed E-state index contributed by atoms with van der Waals surface area (Å²) in [5, 5.41) is 0.745. The molecule has 1 aromatic carbocycles. The molecule has 0 unspecified atom stereocenters. The monoisotopic (exact) mass is 327 g/mol. The standard InChI is InChI=1S/C19H22ClN3/c20-17-7-5-15(6-8-17)19-21-11-16-9-10-23(13-18(16)22-19)12-14-3-1-2-4-14/h5-8,11,14H,1-4,9-10,12-13H2. The number of halogens is 1. The molecule has 1 aliphatic heterocycles. The SMILES string of the molecule is Clc1ccc(-c2ncc3c(n2)CN(CC2CCCC2)CC3)cc1. The van der Waals surface area contributed by atoms with E-state index in [1.807, 2.05) is 30.5 Å². The maximum atomic E-state index is 5.97. The van der Waals surface area contributed by atoms with E-state index in [1.54, 1.807) is 0 Å². The zero-order chi connectivity index (χ0) is 15.6. The van der Waals surface area contributed by atoms with E-state index in [1.165, 1.54) is 43.5 Å². The van der Waals surface area contributed by atoms with Crippen LogP contribution in [0.15, 0.2) is 30.5 Å². The molecule has 0 N–H and O–H groups in total. The molecule has 4 rings (SSSR count). The maximum Gasteiger partial charge on any atom is 0.159 e. The zero-order valence-corrected chi connectivity index (χ0v) is 14.1. The Labute approximate surface area is 142 Å². The third-order valence-corrected chi connectivity index (χ3v) is 5.37. The lowest BCUT2D eigenvalue weighted by Gasteiger charge is -2.30. The summed E-state index contributed by atoms with van der Waals surface area (Å²) >= 11 is 5.97. The molecule has 23 heavy (non-hydrogen) atoms. The van der Waals surface area contributed by atoms with Crippen LogP contribution in [0, 0.1) is 5.92 Å². The van der Waals surface area contributed by atoms with Crippen molar-refractivity contribution in [1.29, 1.82) is 0 Å². The van der Waals surface area contributed by atoms with E-state index in [4.69, 9.17) is 16.6 Å². The van der Waals surface area contributed by atoms with Gasteiger partial charge in [-0.15, -0.1) is 0 Å². The first-order valence-corrected chi connectivity index (χ1v) is 8.99. The second kappa shape index (κ2) is 6.58. The third-order valence-electron chi connectivity index (χ3n) is 5.12. The van der Waals surface area contributed by atoms with Gasteiger partial charge in [0.05, 0.1) is 5.69 Å². The highest BCUT2D eigenvalue weighted by atomic mass is 35.5. The summed E-state index contributed by atoms with van der Waals surface area (Å²) in [7, 11) is 0. The van der Waals surface area contributed by atoms with Crippen LogP contribution in [0.5, 0.6) is 0 Å². The highest BCUT2D eigenvalue weighted by molar-refractivity contribution is 6.30. The van der Waals surface area contributed by atoms with Gasteiger partial charge in [0.1, 0.15) is 0 Å². The number of rotatable bonds is 3. The first kappa shape index (κ1) is 15.1. The minimum atomic E-state index is 0.745. The molecule has 4 heteroatoms. The molecule has 0 atom stereocenters. The molecule has 2 heterocycles. The van der Waals surface area contributed by atoms with Crippen molar-refractivity contribution < 1.29 is 0 Å². The van der Waals surface area contributed by atoms with E-state index in [9.17, 15) is 0 Å². The fourth-order valence-corrected chi connectivity index (χ4v) is 3.94. The highest BCUT2D eigenvalue weighted by Crippen LogP contribution is 2.28. The summed E-state index contributed by atoms with van der Waals surface area (Å²) in [4.78, 5) is 12.0. The molecule has 0 amide bonds.